The molecule has 0 atom stereocenters. The van der Waals surface area contributed by atoms with Gasteiger partial charge in [-0.15, -0.1) is 0 Å². The Kier molecular flexibility index (Phi) is 5.17. The number of hydrogen-bond donors (Lipinski definition) is 2. The zero-order chi connectivity index (χ0) is 14.4. The van der Waals surface area contributed by atoms with Gasteiger partial charge in [-0.25, -0.2) is 0 Å². The van der Waals surface area contributed by atoms with Crippen LogP contribution in [0.2, 0.25) is 0 Å². The summed E-state index contributed by atoms with van der Waals surface area (Å²) in [6.07, 6.45) is 0. The predicted molar refractivity (Wildman–Crippen MR) is 72.4 cm³/mol. The molecule has 1 amide bonds. The number of benzene rings is 1. The first-order valence-corrected chi connectivity index (χ1v) is 5.92. The maximum absolute atomic E-state index is 11.7. The Labute approximate surface area is 112 Å². The monoisotopic (exact) mass is 265 g/mol. The van der Waals surface area contributed by atoms with E-state index in [9.17, 15) is 4.79 Å². The van der Waals surface area contributed by atoms with Crippen LogP contribution in [0.1, 0.15) is 19.4 Å². The normalized spacial score (nSPS) is 11.5. The van der Waals surface area contributed by atoms with E-state index in [1.807, 2.05) is 13.8 Å². The second kappa shape index (κ2) is 6.63. The van der Waals surface area contributed by atoms with E-state index < -0.39 is 0 Å². The fourth-order valence-corrected chi connectivity index (χ4v) is 1.31. The van der Waals surface area contributed by atoms with Crippen molar-refractivity contribution >= 4 is 11.7 Å². The van der Waals surface area contributed by atoms with Crippen LogP contribution in [0.3, 0.4) is 0 Å². The number of carbonyl (C=O) groups is 1. The maximum atomic E-state index is 11.7. The topological polar surface area (TPSA) is 88.2 Å². The van der Waals surface area contributed by atoms with E-state index in [0.29, 0.717) is 11.3 Å². The third kappa shape index (κ3) is 4.17. The Morgan fingerprint density at radius 2 is 2.00 bits per heavy atom. The molecule has 1 aromatic carbocycles. The molecule has 0 fully saturated rings. The van der Waals surface area contributed by atoms with Crippen molar-refractivity contribution in [3.8, 4) is 5.75 Å². The summed E-state index contributed by atoms with van der Waals surface area (Å²) in [7, 11) is 1.73. The summed E-state index contributed by atoms with van der Waals surface area (Å²) in [5.41, 5.74) is 6.02. The number of ether oxygens (including phenoxy) is 1. The molecule has 0 bridgehead atoms. The highest BCUT2D eigenvalue weighted by Crippen LogP contribution is 2.12. The van der Waals surface area contributed by atoms with Gasteiger partial charge >= 0.3 is 0 Å². The summed E-state index contributed by atoms with van der Waals surface area (Å²) in [6, 6.07) is 6.77. The van der Waals surface area contributed by atoms with E-state index in [-0.39, 0.29) is 24.4 Å². The van der Waals surface area contributed by atoms with Crippen LogP contribution >= 0.6 is 0 Å². The van der Waals surface area contributed by atoms with Gasteiger partial charge in [-0.2, -0.15) is 0 Å². The average Bonchev–Trinajstić information content (AvgIpc) is 2.43. The lowest BCUT2D eigenvalue weighted by Gasteiger charge is -2.21. The van der Waals surface area contributed by atoms with Gasteiger partial charge in [0.15, 0.2) is 12.4 Å². The summed E-state index contributed by atoms with van der Waals surface area (Å²) < 4.78 is 5.37. The number of carbonyl (C=O) groups excluding carboxylic acids is 1. The smallest absolute Gasteiger partial charge is 0.260 e. The van der Waals surface area contributed by atoms with Crippen molar-refractivity contribution in [2.24, 2.45) is 10.9 Å². The van der Waals surface area contributed by atoms with Crippen molar-refractivity contribution < 1.29 is 14.7 Å². The Balaban J connectivity index is 2.57. The molecular weight excluding hydrogens is 246 g/mol. The number of amides is 1. The predicted octanol–water partition coefficient (Wildman–Crippen LogP) is 1.03. The minimum Gasteiger partial charge on any atom is -0.484 e. The van der Waals surface area contributed by atoms with Crippen molar-refractivity contribution in [1.29, 1.82) is 0 Å². The Morgan fingerprint density at radius 3 is 2.47 bits per heavy atom. The van der Waals surface area contributed by atoms with Gasteiger partial charge in [-0.3, -0.25) is 4.79 Å². The van der Waals surface area contributed by atoms with Crippen LogP contribution in [0.25, 0.3) is 0 Å². The van der Waals surface area contributed by atoms with Crippen LogP contribution in [-0.4, -0.2) is 41.5 Å². The van der Waals surface area contributed by atoms with Crippen molar-refractivity contribution in [2.45, 2.75) is 19.9 Å². The van der Waals surface area contributed by atoms with Crippen molar-refractivity contribution in [2.75, 3.05) is 13.7 Å². The van der Waals surface area contributed by atoms with Crippen LogP contribution in [0.5, 0.6) is 5.75 Å². The largest absolute Gasteiger partial charge is 0.484 e. The molecule has 0 heterocycles. The molecule has 0 saturated carbocycles. The molecule has 104 valence electrons. The highest BCUT2D eigenvalue weighted by atomic mass is 16.5. The molecule has 19 heavy (non-hydrogen) atoms. The number of likely N-dealkylation sites (N-methyl/N-ethyl adjacent to an activating group) is 1. The quantitative estimate of drug-likeness (QED) is 0.360. The second-order valence-corrected chi connectivity index (χ2v) is 4.40. The van der Waals surface area contributed by atoms with Gasteiger partial charge in [0.2, 0.25) is 0 Å². The van der Waals surface area contributed by atoms with Gasteiger partial charge in [-0.05, 0) is 38.1 Å². The molecule has 0 aliphatic heterocycles. The van der Waals surface area contributed by atoms with Crippen LogP contribution in [0, 0.1) is 0 Å². The van der Waals surface area contributed by atoms with Crippen molar-refractivity contribution in [3.05, 3.63) is 29.8 Å². The number of nitrogens with zero attached hydrogens (tertiary/aromatic N) is 2. The van der Waals surface area contributed by atoms with Crippen molar-refractivity contribution in [3.63, 3.8) is 0 Å². The van der Waals surface area contributed by atoms with Gasteiger partial charge in [0.25, 0.3) is 5.91 Å². The SMILES string of the molecule is CC(C)N(C)C(=O)COc1ccc(/C(N)=N/O)cc1. The molecule has 1 rings (SSSR count). The fourth-order valence-electron chi connectivity index (χ4n) is 1.31. The van der Waals surface area contributed by atoms with E-state index in [0.717, 1.165) is 0 Å². The first-order chi connectivity index (χ1) is 8.95. The lowest BCUT2D eigenvalue weighted by molar-refractivity contribution is -0.133. The lowest BCUT2D eigenvalue weighted by Crippen LogP contribution is -2.36. The molecule has 0 saturated heterocycles. The number of oxime groups is 1. The summed E-state index contributed by atoms with van der Waals surface area (Å²) in [6.45, 7) is 3.85. The first-order valence-electron chi connectivity index (χ1n) is 5.92. The van der Waals surface area contributed by atoms with Gasteiger partial charge in [-0.1, -0.05) is 5.16 Å². The zero-order valence-electron chi connectivity index (χ0n) is 11.3. The number of nitrogens with two attached hydrogens (primary N) is 1. The molecule has 6 nitrogen and oxygen atoms in total. The molecule has 0 aliphatic carbocycles. The summed E-state index contributed by atoms with van der Waals surface area (Å²) >= 11 is 0. The highest BCUT2D eigenvalue weighted by molar-refractivity contribution is 5.97. The van der Waals surface area contributed by atoms with Gasteiger partial charge in [0.05, 0.1) is 0 Å². The Hall–Kier alpha value is -2.24. The van der Waals surface area contributed by atoms with E-state index >= 15 is 0 Å². The van der Waals surface area contributed by atoms with Gasteiger partial charge in [0, 0.05) is 18.7 Å². The van der Waals surface area contributed by atoms with Gasteiger partial charge < -0.3 is 20.6 Å². The standard InChI is InChI=1S/C13H19N3O3/c1-9(2)16(3)12(17)8-19-11-6-4-10(5-7-11)13(14)15-18/h4-7,9,18H,8H2,1-3H3,(H2,14,15). The average molecular weight is 265 g/mol. The zero-order valence-corrected chi connectivity index (χ0v) is 11.3. The lowest BCUT2D eigenvalue weighted by atomic mass is 10.2. The molecule has 0 radical (unpaired) electrons. The Morgan fingerprint density at radius 1 is 1.42 bits per heavy atom. The second-order valence-electron chi connectivity index (χ2n) is 4.40. The van der Waals surface area contributed by atoms with Crippen LogP contribution in [-0.2, 0) is 4.79 Å². The molecule has 3 N–H and O–H groups in total. The third-order valence-corrected chi connectivity index (χ3v) is 2.79. The molecule has 0 unspecified atom stereocenters. The summed E-state index contributed by atoms with van der Waals surface area (Å²) in [5.74, 6) is 0.498. The highest BCUT2D eigenvalue weighted by Gasteiger charge is 2.12. The molecular formula is C13H19N3O3. The molecule has 0 spiro atoms. The van der Waals surface area contributed by atoms with Crippen LogP contribution in [0.15, 0.2) is 29.4 Å². The summed E-state index contributed by atoms with van der Waals surface area (Å²) in [4.78, 5) is 13.3. The molecule has 6 heteroatoms. The fraction of sp³-hybridized carbons (Fsp3) is 0.385. The number of amidine groups is 1. The Bertz CT molecular complexity index is 455. The van der Waals surface area contributed by atoms with Crippen LogP contribution < -0.4 is 10.5 Å². The van der Waals surface area contributed by atoms with Crippen LogP contribution in [0.4, 0.5) is 0 Å². The van der Waals surface area contributed by atoms with E-state index in [1.54, 1.807) is 36.2 Å². The van der Waals surface area contributed by atoms with E-state index in [2.05, 4.69) is 5.16 Å². The summed E-state index contributed by atoms with van der Waals surface area (Å²) in [5, 5.41) is 11.4. The van der Waals surface area contributed by atoms with E-state index in [1.165, 1.54) is 0 Å². The molecule has 0 aromatic heterocycles. The number of rotatable bonds is 5. The van der Waals surface area contributed by atoms with Gasteiger partial charge in [0.1, 0.15) is 5.75 Å². The minimum atomic E-state index is -0.0875. The molecule has 0 aliphatic rings. The first kappa shape index (κ1) is 14.8. The third-order valence-electron chi connectivity index (χ3n) is 2.79. The van der Waals surface area contributed by atoms with Crippen molar-refractivity contribution in [1.82, 2.24) is 4.90 Å². The minimum absolute atomic E-state index is 0.0163. The van der Waals surface area contributed by atoms with E-state index in [4.69, 9.17) is 15.7 Å². The number of hydrogen-bond acceptors (Lipinski definition) is 4. The maximum Gasteiger partial charge on any atom is 0.260 e. The molecule has 1 aromatic rings.